The summed E-state index contributed by atoms with van der Waals surface area (Å²) in [6, 6.07) is 21.9. The second-order valence-electron chi connectivity index (χ2n) is 6.21. The quantitative estimate of drug-likeness (QED) is 0.222. The van der Waals surface area contributed by atoms with Crippen LogP contribution in [0.4, 0.5) is 17.6 Å². The molecule has 4 rings (SSSR count). The van der Waals surface area contributed by atoms with E-state index >= 15 is 8.78 Å². The number of pyridine rings is 2. The van der Waals surface area contributed by atoms with Gasteiger partial charge in [-0.1, -0.05) is 35.9 Å². The SMILES string of the molecule is Fc1c[c-]c(-c2cccc(C(F)(F)c3cccc(-c4[c-]cccc4)n3)n2)c(F)c1.[Pt+2]. The van der Waals surface area contributed by atoms with Crippen molar-refractivity contribution in [2.24, 2.45) is 0 Å². The molecule has 0 bridgehead atoms. The molecule has 0 spiro atoms. The molecule has 2 aromatic heterocycles. The molecule has 0 unspecified atom stereocenters. The van der Waals surface area contributed by atoms with Gasteiger partial charge in [0.15, 0.2) is 0 Å². The molecule has 2 aromatic carbocycles. The van der Waals surface area contributed by atoms with Crippen LogP contribution in [0.15, 0.2) is 72.8 Å². The Labute approximate surface area is 184 Å². The van der Waals surface area contributed by atoms with Gasteiger partial charge in [-0.25, -0.2) is 0 Å². The van der Waals surface area contributed by atoms with Crippen LogP contribution in [0.2, 0.25) is 0 Å². The van der Waals surface area contributed by atoms with Crippen LogP contribution >= 0.6 is 0 Å². The van der Waals surface area contributed by atoms with Gasteiger partial charge in [0.1, 0.15) is 11.4 Å². The standard InChI is InChI=1S/C23H12F4N2.Pt/c24-16-12-13-17(18(25)14-16)20-9-5-11-22(29-20)23(26,27)21-10-4-8-19(28-21)15-6-2-1-3-7-15;/h1-6,8-12,14H;/q-2;+2. The normalized spacial score (nSPS) is 11.1. The molecule has 0 aliphatic carbocycles. The van der Waals surface area contributed by atoms with Crippen LogP contribution < -0.4 is 0 Å². The van der Waals surface area contributed by atoms with Gasteiger partial charge in [0, 0.05) is 11.6 Å². The molecule has 2 nitrogen and oxygen atoms in total. The smallest absolute Gasteiger partial charge is 0.295 e. The van der Waals surface area contributed by atoms with Crippen LogP contribution in [-0.2, 0) is 27.0 Å². The van der Waals surface area contributed by atoms with Crippen molar-refractivity contribution in [1.29, 1.82) is 0 Å². The van der Waals surface area contributed by atoms with Gasteiger partial charge >= 0.3 is 27.0 Å². The molecule has 0 atom stereocenters. The predicted molar refractivity (Wildman–Crippen MR) is 99.9 cm³/mol. The average Bonchev–Trinajstić information content (AvgIpc) is 2.74. The minimum atomic E-state index is -3.53. The Morgan fingerprint density at radius 1 is 0.767 bits per heavy atom. The summed E-state index contributed by atoms with van der Waals surface area (Å²) in [5.41, 5.74) is -0.446. The number of nitrogens with zero attached hydrogens (tertiary/aromatic N) is 2. The van der Waals surface area contributed by atoms with Crippen LogP contribution in [0.3, 0.4) is 0 Å². The third kappa shape index (κ3) is 4.34. The van der Waals surface area contributed by atoms with E-state index in [9.17, 15) is 8.78 Å². The molecule has 0 N–H and O–H groups in total. The summed E-state index contributed by atoms with van der Waals surface area (Å²) in [5, 5.41) is 0. The van der Waals surface area contributed by atoms with Gasteiger partial charge in [-0.2, -0.15) is 8.78 Å². The van der Waals surface area contributed by atoms with E-state index in [1.54, 1.807) is 30.3 Å². The van der Waals surface area contributed by atoms with Gasteiger partial charge in [-0.3, -0.25) is 18.7 Å². The number of aromatic nitrogens is 2. The Hall–Kier alpha value is -2.85. The maximum Gasteiger partial charge on any atom is 2.00 e. The zero-order chi connectivity index (χ0) is 20.4. The summed E-state index contributed by atoms with van der Waals surface area (Å²) in [7, 11) is 0. The van der Waals surface area contributed by atoms with Crippen molar-refractivity contribution < 1.29 is 38.6 Å². The molecule has 0 radical (unpaired) electrons. The van der Waals surface area contributed by atoms with Crippen molar-refractivity contribution in [2.45, 2.75) is 5.92 Å². The van der Waals surface area contributed by atoms with Crippen LogP contribution in [-0.4, -0.2) is 9.97 Å². The third-order valence-electron chi connectivity index (χ3n) is 4.24. The Bertz CT molecular complexity index is 1170. The van der Waals surface area contributed by atoms with E-state index in [0.717, 1.165) is 12.1 Å². The second kappa shape index (κ2) is 8.88. The van der Waals surface area contributed by atoms with E-state index in [-0.39, 0.29) is 32.3 Å². The number of rotatable bonds is 4. The summed E-state index contributed by atoms with van der Waals surface area (Å²) in [5.74, 6) is -5.28. The number of benzene rings is 2. The second-order valence-corrected chi connectivity index (χ2v) is 6.21. The monoisotopic (exact) mass is 587 g/mol. The Kier molecular flexibility index (Phi) is 6.47. The van der Waals surface area contributed by atoms with Gasteiger partial charge in [0.2, 0.25) is 0 Å². The summed E-state index contributed by atoms with van der Waals surface area (Å²) < 4.78 is 57.4. The summed E-state index contributed by atoms with van der Waals surface area (Å²) in [6.45, 7) is 0. The molecule has 7 heteroatoms. The maximum absolute atomic E-state index is 15.1. The minimum Gasteiger partial charge on any atom is -0.295 e. The van der Waals surface area contributed by atoms with Crippen molar-refractivity contribution in [1.82, 2.24) is 9.97 Å². The molecular formula is C23H12F4N2Pt. The van der Waals surface area contributed by atoms with Crippen molar-refractivity contribution in [3.05, 3.63) is 108 Å². The molecule has 2 heterocycles. The van der Waals surface area contributed by atoms with Crippen molar-refractivity contribution >= 4 is 0 Å². The number of halogens is 4. The van der Waals surface area contributed by atoms with Crippen molar-refractivity contribution in [3.8, 4) is 22.5 Å². The van der Waals surface area contributed by atoms with E-state index < -0.39 is 28.9 Å². The first kappa shape index (κ1) is 21.8. The molecule has 0 aliphatic rings. The van der Waals surface area contributed by atoms with Gasteiger partial charge in [0.25, 0.3) is 0 Å². The number of hydrogen-bond acceptors (Lipinski definition) is 2. The first-order valence-electron chi connectivity index (χ1n) is 8.62. The average molecular weight is 587 g/mol. The van der Waals surface area contributed by atoms with E-state index in [0.29, 0.717) is 17.3 Å². The van der Waals surface area contributed by atoms with Crippen molar-refractivity contribution in [2.75, 3.05) is 0 Å². The van der Waals surface area contributed by atoms with Gasteiger partial charge in [-0.05, 0) is 23.5 Å². The zero-order valence-corrected chi connectivity index (χ0v) is 17.4. The van der Waals surface area contributed by atoms with E-state index in [1.165, 1.54) is 24.3 Å². The van der Waals surface area contributed by atoms with Gasteiger partial charge in [-0.15, -0.1) is 48.0 Å². The van der Waals surface area contributed by atoms with Crippen LogP contribution in [0.5, 0.6) is 0 Å². The molecule has 0 aliphatic heterocycles. The topological polar surface area (TPSA) is 25.8 Å². The fraction of sp³-hybridized carbons (Fsp3) is 0.0435. The fourth-order valence-corrected chi connectivity index (χ4v) is 2.83. The van der Waals surface area contributed by atoms with Crippen LogP contribution in [0.1, 0.15) is 11.4 Å². The maximum atomic E-state index is 15.1. The summed E-state index contributed by atoms with van der Waals surface area (Å²) in [4.78, 5) is 7.96. The molecule has 0 amide bonds. The minimum absolute atomic E-state index is 0. The largest absolute Gasteiger partial charge is 2.00 e. The van der Waals surface area contributed by atoms with Crippen LogP contribution in [0, 0.1) is 23.8 Å². The van der Waals surface area contributed by atoms with Gasteiger partial charge < -0.3 is 0 Å². The molecule has 0 saturated carbocycles. The Morgan fingerprint density at radius 3 is 2.07 bits per heavy atom. The van der Waals surface area contributed by atoms with E-state index in [4.69, 9.17) is 0 Å². The van der Waals surface area contributed by atoms with E-state index in [2.05, 4.69) is 22.1 Å². The number of hydrogen-bond donors (Lipinski definition) is 0. The van der Waals surface area contributed by atoms with E-state index in [1.807, 2.05) is 0 Å². The zero-order valence-electron chi connectivity index (χ0n) is 15.2. The summed E-state index contributed by atoms with van der Waals surface area (Å²) >= 11 is 0. The molecule has 0 saturated heterocycles. The van der Waals surface area contributed by atoms with Gasteiger partial charge in [0.05, 0.1) is 0 Å². The Balaban J connectivity index is 0.00000256. The molecule has 152 valence electrons. The van der Waals surface area contributed by atoms with Crippen LogP contribution in [0.25, 0.3) is 22.5 Å². The Morgan fingerprint density at radius 2 is 1.43 bits per heavy atom. The first-order valence-corrected chi connectivity index (χ1v) is 8.62. The molecule has 0 fully saturated rings. The molecular weight excluding hydrogens is 575 g/mol. The molecule has 4 aromatic rings. The fourth-order valence-electron chi connectivity index (χ4n) is 2.83. The summed E-state index contributed by atoms with van der Waals surface area (Å²) in [6.07, 6.45) is 0. The first-order chi connectivity index (χ1) is 13.9. The third-order valence-corrected chi connectivity index (χ3v) is 4.24. The van der Waals surface area contributed by atoms with Crippen molar-refractivity contribution in [3.63, 3.8) is 0 Å². The number of alkyl halides is 2. The molecule has 30 heavy (non-hydrogen) atoms. The predicted octanol–water partition coefficient (Wildman–Crippen LogP) is 5.83.